The molecule has 0 aliphatic rings. The number of methoxy groups -OCH3 is 1. The van der Waals surface area contributed by atoms with E-state index in [4.69, 9.17) is 4.74 Å². The first-order valence-corrected chi connectivity index (χ1v) is 6.84. The fourth-order valence-corrected chi connectivity index (χ4v) is 2.02. The minimum absolute atomic E-state index is 0.710. The number of benzene rings is 1. The molecule has 0 bridgehead atoms. The smallest absolute Gasteiger partial charge is 0.132 e. The molecule has 1 aromatic heterocycles. The van der Waals surface area contributed by atoms with Crippen LogP contribution in [0, 0.1) is 6.92 Å². The molecule has 0 aliphatic carbocycles. The van der Waals surface area contributed by atoms with Crippen LogP contribution >= 0.6 is 0 Å². The molecule has 0 aliphatic heterocycles. The molecule has 1 heterocycles. The topological polar surface area (TPSA) is 47.0 Å². The zero-order valence-electron chi connectivity index (χ0n) is 12.1. The Morgan fingerprint density at radius 3 is 2.95 bits per heavy atom. The molecule has 0 atom stereocenters. The monoisotopic (exact) mass is 271 g/mol. The maximum absolute atomic E-state index is 5.00. The van der Waals surface area contributed by atoms with Crippen LogP contribution in [-0.2, 0) is 17.7 Å². The molecule has 0 spiro atoms. The summed E-state index contributed by atoms with van der Waals surface area (Å²) in [5.41, 5.74) is 3.52. The molecular weight excluding hydrogens is 250 g/mol. The number of ether oxygens (including phenoxy) is 1. The third kappa shape index (κ3) is 4.72. The van der Waals surface area contributed by atoms with Gasteiger partial charge in [-0.05, 0) is 18.6 Å². The van der Waals surface area contributed by atoms with Gasteiger partial charge in [0.15, 0.2) is 0 Å². The van der Waals surface area contributed by atoms with Gasteiger partial charge < -0.3 is 10.1 Å². The van der Waals surface area contributed by atoms with Crippen molar-refractivity contribution in [2.24, 2.45) is 0 Å². The van der Waals surface area contributed by atoms with Gasteiger partial charge in [0.2, 0.25) is 0 Å². The predicted octanol–water partition coefficient (Wildman–Crippen LogP) is 2.11. The molecule has 0 saturated heterocycles. The van der Waals surface area contributed by atoms with E-state index in [1.807, 2.05) is 12.3 Å². The Balaban J connectivity index is 1.95. The Morgan fingerprint density at radius 1 is 1.25 bits per heavy atom. The van der Waals surface area contributed by atoms with E-state index in [1.165, 1.54) is 11.1 Å². The molecule has 2 rings (SSSR count). The molecule has 1 N–H and O–H groups in total. The van der Waals surface area contributed by atoms with E-state index < -0.39 is 0 Å². The van der Waals surface area contributed by atoms with E-state index in [0.717, 1.165) is 31.0 Å². The van der Waals surface area contributed by atoms with Crippen molar-refractivity contribution in [3.05, 3.63) is 59.2 Å². The lowest BCUT2D eigenvalue weighted by molar-refractivity contribution is 0.199. The number of aryl methyl sites for hydroxylation is 1. The Kier molecular flexibility index (Phi) is 5.65. The van der Waals surface area contributed by atoms with E-state index in [2.05, 4.69) is 46.5 Å². The van der Waals surface area contributed by atoms with Crippen LogP contribution in [0.1, 0.15) is 22.6 Å². The maximum atomic E-state index is 5.00. The summed E-state index contributed by atoms with van der Waals surface area (Å²) in [6.07, 6.45) is 2.60. The van der Waals surface area contributed by atoms with E-state index in [1.54, 1.807) is 7.11 Å². The SMILES string of the molecule is COCCNCc1ccnc(Cc2cccc(C)c2)n1. The Labute approximate surface area is 120 Å². The van der Waals surface area contributed by atoms with Crippen LogP contribution in [0.4, 0.5) is 0 Å². The normalized spacial score (nSPS) is 10.7. The first-order chi connectivity index (χ1) is 9.78. The highest BCUT2D eigenvalue weighted by atomic mass is 16.5. The lowest BCUT2D eigenvalue weighted by Gasteiger charge is -2.06. The molecule has 4 heteroatoms. The molecule has 0 amide bonds. The van der Waals surface area contributed by atoms with Crippen LogP contribution < -0.4 is 5.32 Å². The van der Waals surface area contributed by atoms with Crippen LogP contribution in [0.3, 0.4) is 0 Å². The maximum Gasteiger partial charge on any atom is 0.132 e. The molecule has 20 heavy (non-hydrogen) atoms. The lowest BCUT2D eigenvalue weighted by atomic mass is 10.1. The van der Waals surface area contributed by atoms with Crippen LogP contribution in [0.15, 0.2) is 36.5 Å². The van der Waals surface area contributed by atoms with Crippen molar-refractivity contribution in [1.82, 2.24) is 15.3 Å². The zero-order valence-corrected chi connectivity index (χ0v) is 12.1. The van der Waals surface area contributed by atoms with E-state index in [-0.39, 0.29) is 0 Å². The zero-order chi connectivity index (χ0) is 14.2. The molecule has 0 unspecified atom stereocenters. The summed E-state index contributed by atoms with van der Waals surface area (Å²) >= 11 is 0. The van der Waals surface area contributed by atoms with Crippen molar-refractivity contribution in [2.45, 2.75) is 19.9 Å². The molecule has 106 valence electrons. The van der Waals surface area contributed by atoms with Gasteiger partial charge >= 0.3 is 0 Å². The molecule has 0 saturated carbocycles. The van der Waals surface area contributed by atoms with Gasteiger partial charge in [-0.15, -0.1) is 0 Å². The van der Waals surface area contributed by atoms with Gasteiger partial charge in [-0.2, -0.15) is 0 Å². The first-order valence-electron chi connectivity index (χ1n) is 6.84. The van der Waals surface area contributed by atoms with Crippen molar-refractivity contribution in [3.63, 3.8) is 0 Å². The van der Waals surface area contributed by atoms with Gasteiger partial charge in [0.05, 0.1) is 12.3 Å². The lowest BCUT2D eigenvalue weighted by Crippen LogP contribution is -2.19. The molecule has 2 aromatic rings. The second-order valence-corrected chi connectivity index (χ2v) is 4.80. The number of hydrogen-bond donors (Lipinski definition) is 1. The Hall–Kier alpha value is -1.78. The van der Waals surface area contributed by atoms with Gasteiger partial charge in [-0.25, -0.2) is 9.97 Å². The summed E-state index contributed by atoms with van der Waals surface area (Å²) in [6.45, 7) is 4.38. The summed E-state index contributed by atoms with van der Waals surface area (Å²) in [5, 5.41) is 3.29. The van der Waals surface area contributed by atoms with Gasteiger partial charge in [-0.1, -0.05) is 29.8 Å². The van der Waals surface area contributed by atoms with Crippen molar-refractivity contribution in [1.29, 1.82) is 0 Å². The van der Waals surface area contributed by atoms with Crippen molar-refractivity contribution in [3.8, 4) is 0 Å². The average molecular weight is 271 g/mol. The standard InChI is InChI=1S/C16H21N3O/c1-13-4-3-5-14(10-13)11-16-18-7-6-15(19-16)12-17-8-9-20-2/h3-7,10,17H,8-9,11-12H2,1-2H3. The highest BCUT2D eigenvalue weighted by Gasteiger charge is 2.01. The third-order valence-corrected chi connectivity index (χ3v) is 3.00. The van der Waals surface area contributed by atoms with Gasteiger partial charge in [-0.3, -0.25) is 0 Å². The van der Waals surface area contributed by atoms with Crippen LogP contribution in [0.25, 0.3) is 0 Å². The van der Waals surface area contributed by atoms with Gasteiger partial charge in [0, 0.05) is 32.8 Å². The van der Waals surface area contributed by atoms with Gasteiger partial charge in [0.25, 0.3) is 0 Å². The first kappa shape index (κ1) is 14.6. The predicted molar refractivity (Wildman–Crippen MR) is 79.6 cm³/mol. The van der Waals surface area contributed by atoms with E-state index >= 15 is 0 Å². The highest BCUT2D eigenvalue weighted by Crippen LogP contribution is 2.08. The highest BCUT2D eigenvalue weighted by molar-refractivity contribution is 5.24. The Morgan fingerprint density at radius 2 is 2.15 bits per heavy atom. The van der Waals surface area contributed by atoms with E-state index in [9.17, 15) is 0 Å². The summed E-state index contributed by atoms with van der Waals surface area (Å²) in [6, 6.07) is 10.4. The molecular formula is C16H21N3O. The number of nitrogens with one attached hydrogen (secondary N) is 1. The van der Waals surface area contributed by atoms with Crippen molar-refractivity contribution < 1.29 is 4.74 Å². The second kappa shape index (κ2) is 7.72. The minimum atomic E-state index is 0.710. The van der Waals surface area contributed by atoms with E-state index in [0.29, 0.717) is 6.61 Å². The minimum Gasteiger partial charge on any atom is -0.383 e. The number of aromatic nitrogens is 2. The molecule has 0 radical (unpaired) electrons. The number of nitrogens with zero attached hydrogens (tertiary/aromatic N) is 2. The summed E-state index contributed by atoms with van der Waals surface area (Å²) in [7, 11) is 1.70. The number of rotatable bonds is 7. The second-order valence-electron chi connectivity index (χ2n) is 4.80. The largest absolute Gasteiger partial charge is 0.383 e. The van der Waals surface area contributed by atoms with Gasteiger partial charge in [0.1, 0.15) is 5.82 Å². The van der Waals surface area contributed by atoms with Crippen molar-refractivity contribution >= 4 is 0 Å². The summed E-state index contributed by atoms with van der Waals surface area (Å²) in [4.78, 5) is 8.93. The molecule has 0 fully saturated rings. The Bertz CT molecular complexity index is 543. The molecule has 4 nitrogen and oxygen atoms in total. The average Bonchev–Trinajstić information content (AvgIpc) is 2.44. The van der Waals surface area contributed by atoms with Crippen LogP contribution in [0.5, 0.6) is 0 Å². The quantitative estimate of drug-likeness (QED) is 0.784. The summed E-state index contributed by atoms with van der Waals surface area (Å²) in [5.74, 6) is 0.863. The van der Waals surface area contributed by atoms with Crippen LogP contribution in [0.2, 0.25) is 0 Å². The fraction of sp³-hybridized carbons (Fsp3) is 0.375. The number of hydrogen-bond acceptors (Lipinski definition) is 4. The summed E-state index contributed by atoms with van der Waals surface area (Å²) < 4.78 is 5.00. The third-order valence-electron chi connectivity index (χ3n) is 3.00. The van der Waals surface area contributed by atoms with Crippen LogP contribution in [-0.4, -0.2) is 30.2 Å². The van der Waals surface area contributed by atoms with Crippen molar-refractivity contribution in [2.75, 3.05) is 20.3 Å². The molecule has 1 aromatic carbocycles. The fourth-order valence-electron chi connectivity index (χ4n) is 2.02.